The maximum Gasteiger partial charge on any atom is 0.179 e. The summed E-state index contributed by atoms with van der Waals surface area (Å²) in [6.45, 7) is 4.63. The minimum atomic E-state index is -0.233. The summed E-state index contributed by atoms with van der Waals surface area (Å²) in [5.41, 5.74) is 6.49. The summed E-state index contributed by atoms with van der Waals surface area (Å²) in [7, 11) is 1.60. The highest BCUT2D eigenvalue weighted by Crippen LogP contribution is 2.48. The topological polar surface area (TPSA) is 76.3 Å². The zero-order valence-electron chi connectivity index (χ0n) is 24.0. The van der Waals surface area contributed by atoms with E-state index in [1.54, 1.807) is 7.11 Å². The van der Waals surface area contributed by atoms with Crippen molar-refractivity contribution in [1.29, 1.82) is 0 Å². The summed E-state index contributed by atoms with van der Waals surface area (Å²) in [6.07, 6.45) is 0. The second kappa shape index (κ2) is 11.0. The zero-order valence-corrected chi connectivity index (χ0v) is 24.7. The fourth-order valence-corrected chi connectivity index (χ4v) is 5.91. The standard InChI is InChI=1S/C34H29ClN6O2/c1-4-43-25-17-14-22(15-18-25)31-30-21(2)39-41(24-10-6-5-7-11-24)33(30)38-34-32(36-23-16-19-29(42-3)26(35)20-23)37-27-12-8-9-13-28(27)40(31)34/h5-20,31H,4H2,1-3H3,(H,36,37). The second-order valence-electron chi connectivity index (χ2n) is 10.2. The molecule has 214 valence electrons. The Bertz CT molecular complexity index is 1880. The predicted octanol–water partition coefficient (Wildman–Crippen LogP) is 8.04. The molecule has 0 saturated heterocycles. The molecule has 8 nitrogen and oxygen atoms in total. The van der Waals surface area contributed by atoms with Gasteiger partial charge in [0.2, 0.25) is 0 Å². The van der Waals surface area contributed by atoms with Gasteiger partial charge < -0.3 is 19.7 Å². The number of benzene rings is 4. The average molecular weight is 589 g/mol. The van der Waals surface area contributed by atoms with Gasteiger partial charge in [0.25, 0.3) is 0 Å². The van der Waals surface area contributed by atoms with Gasteiger partial charge in [-0.15, -0.1) is 0 Å². The number of rotatable bonds is 6. The van der Waals surface area contributed by atoms with Crippen molar-refractivity contribution in [1.82, 2.24) is 9.78 Å². The lowest BCUT2D eigenvalue weighted by Crippen LogP contribution is -2.46. The van der Waals surface area contributed by atoms with Crippen molar-refractivity contribution in [2.24, 2.45) is 9.98 Å². The van der Waals surface area contributed by atoms with E-state index in [2.05, 4.69) is 28.4 Å². The molecule has 43 heavy (non-hydrogen) atoms. The lowest BCUT2D eigenvalue weighted by atomic mass is 9.93. The number of ether oxygens (including phenoxy) is 2. The summed E-state index contributed by atoms with van der Waals surface area (Å²) in [5.74, 6) is 3.46. The number of fused-ring (bicyclic) bond motifs is 4. The Balaban J connectivity index is 1.45. The Morgan fingerprint density at radius 3 is 2.42 bits per heavy atom. The largest absolute Gasteiger partial charge is 0.495 e. The van der Waals surface area contributed by atoms with Crippen molar-refractivity contribution in [2.75, 3.05) is 23.9 Å². The van der Waals surface area contributed by atoms with Crippen LogP contribution < -0.4 is 19.7 Å². The lowest BCUT2D eigenvalue weighted by molar-refractivity contribution is 0.340. The number of halogens is 1. The molecular formula is C34H29ClN6O2. The van der Waals surface area contributed by atoms with Crippen molar-refractivity contribution < 1.29 is 9.47 Å². The van der Waals surface area contributed by atoms with E-state index >= 15 is 0 Å². The van der Waals surface area contributed by atoms with Gasteiger partial charge >= 0.3 is 0 Å². The summed E-state index contributed by atoms with van der Waals surface area (Å²) in [4.78, 5) is 12.6. The third-order valence-electron chi connectivity index (χ3n) is 7.56. The maximum absolute atomic E-state index is 6.50. The van der Waals surface area contributed by atoms with Gasteiger partial charge in [-0.3, -0.25) is 0 Å². The van der Waals surface area contributed by atoms with Crippen molar-refractivity contribution in [3.05, 3.63) is 119 Å². The number of hydrogen-bond donors (Lipinski definition) is 1. The molecule has 0 radical (unpaired) electrons. The van der Waals surface area contributed by atoms with Crippen molar-refractivity contribution >= 4 is 46.2 Å². The maximum atomic E-state index is 6.50. The number of amidine groups is 2. The van der Waals surface area contributed by atoms with E-state index in [0.717, 1.165) is 51.1 Å². The summed E-state index contributed by atoms with van der Waals surface area (Å²) in [5, 5.41) is 9.00. The second-order valence-corrected chi connectivity index (χ2v) is 10.6. The molecule has 0 aliphatic carbocycles. The first-order valence-electron chi connectivity index (χ1n) is 14.1. The Labute approximate surface area is 254 Å². The fraction of sp³-hybridized carbons (Fsp3) is 0.147. The van der Waals surface area contributed by atoms with E-state index in [4.69, 9.17) is 36.2 Å². The van der Waals surface area contributed by atoms with Gasteiger partial charge in [0.05, 0.1) is 47.5 Å². The Morgan fingerprint density at radius 2 is 1.67 bits per heavy atom. The molecule has 4 aromatic carbocycles. The van der Waals surface area contributed by atoms with E-state index in [0.29, 0.717) is 29.1 Å². The van der Waals surface area contributed by atoms with Crippen molar-refractivity contribution in [3.8, 4) is 17.2 Å². The van der Waals surface area contributed by atoms with Crippen LogP contribution >= 0.6 is 11.6 Å². The molecule has 5 aromatic rings. The zero-order chi connectivity index (χ0) is 29.5. The first kappa shape index (κ1) is 26.8. The van der Waals surface area contributed by atoms with Crippen LogP contribution in [-0.2, 0) is 0 Å². The van der Waals surface area contributed by atoms with Crippen LogP contribution in [0.2, 0.25) is 5.02 Å². The number of aromatic nitrogens is 2. The number of para-hydroxylation sites is 3. The highest BCUT2D eigenvalue weighted by Gasteiger charge is 2.41. The number of nitrogens with zero attached hydrogens (tertiary/aromatic N) is 5. The van der Waals surface area contributed by atoms with Crippen LogP contribution in [0.3, 0.4) is 0 Å². The number of nitrogens with one attached hydrogen (secondary N) is 1. The minimum Gasteiger partial charge on any atom is -0.495 e. The highest BCUT2D eigenvalue weighted by atomic mass is 35.5. The van der Waals surface area contributed by atoms with Gasteiger partial charge in [-0.2, -0.15) is 5.10 Å². The van der Waals surface area contributed by atoms with Crippen LogP contribution in [0, 0.1) is 6.92 Å². The van der Waals surface area contributed by atoms with Crippen LogP contribution in [0.4, 0.5) is 22.9 Å². The first-order valence-corrected chi connectivity index (χ1v) is 14.5. The molecule has 1 N–H and O–H groups in total. The highest BCUT2D eigenvalue weighted by molar-refractivity contribution is 6.51. The van der Waals surface area contributed by atoms with Crippen LogP contribution in [0.15, 0.2) is 107 Å². The van der Waals surface area contributed by atoms with Crippen LogP contribution in [0.5, 0.6) is 11.5 Å². The summed E-state index contributed by atoms with van der Waals surface area (Å²) < 4.78 is 13.1. The molecule has 2 aliphatic heterocycles. The van der Waals surface area contributed by atoms with Gasteiger partial charge in [-0.1, -0.05) is 54.1 Å². The first-order chi connectivity index (χ1) is 21.1. The molecule has 0 saturated carbocycles. The number of hydrogen-bond acceptors (Lipinski definition) is 7. The van der Waals surface area contributed by atoms with Crippen LogP contribution in [-0.4, -0.2) is 35.2 Å². The molecule has 0 spiro atoms. The summed E-state index contributed by atoms with van der Waals surface area (Å²) >= 11 is 6.50. The molecule has 0 fully saturated rings. The number of aryl methyl sites for hydroxylation is 1. The van der Waals surface area contributed by atoms with Gasteiger partial charge in [-0.05, 0) is 74.0 Å². The van der Waals surface area contributed by atoms with E-state index in [1.807, 2.05) is 97.4 Å². The summed E-state index contributed by atoms with van der Waals surface area (Å²) in [6, 6.07) is 31.8. The van der Waals surface area contributed by atoms with Crippen molar-refractivity contribution in [3.63, 3.8) is 0 Å². The minimum absolute atomic E-state index is 0.233. The third-order valence-corrected chi connectivity index (χ3v) is 7.86. The quantitative estimate of drug-likeness (QED) is 0.217. The molecule has 9 heteroatoms. The lowest BCUT2D eigenvalue weighted by Gasteiger charge is -2.40. The molecule has 1 unspecified atom stereocenters. The molecule has 2 aliphatic rings. The fourth-order valence-electron chi connectivity index (χ4n) is 5.66. The molecule has 3 heterocycles. The third kappa shape index (κ3) is 4.70. The van der Waals surface area contributed by atoms with Gasteiger partial charge in [-0.25, -0.2) is 14.7 Å². The smallest absolute Gasteiger partial charge is 0.179 e. The van der Waals surface area contributed by atoms with Crippen molar-refractivity contribution in [2.45, 2.75) is 19.9 Å². The average Bonchev–Trinajstić information content (AvgIpc) is 3.37. The van der Waals surface area contributed by atoms with Gasteiger partial charge in [0.15, 0.2) is 17.5 Å². The number of aliphatic imine (C=N–C) groups is 2. The molecule has 7 rings (SSSR count). The Kier molecular flexibility index (Phi) is 6.83. The SMILES string of the molecule is CCOc1ccc(C2c3c(C)nn(-c4ccccc4)c3N=C3C(Nc4ccc(OC)c(Cl)c4)=Nc4ccccc4N32)cc1. The normalized spacial score (nSPS) is 15.1. The van der Waals surface area contributed by atoms with E-state index in [9.17, 15) is 0 Å². The Hall–Kier alpha value is -5.08. The molecule has 1 aromatic heterocycles. The predicted molar refractivity (Wildman–Crippen MR) is 172 cm³/mol. The van der Waals surface area contributed by atoms with Gasteiger partial charge in [0.1, 0.15) is 11.5 Å². The molecule has 0 amide bonds. The molecular weight excluding hydrogens is 560 g/mol. The number of methoxy groups -OCH3 is 1. The van der Waals surface area contributed by atoms with Crippen LogP contribution in [0.1, 0.15) is 29.8 Å². The van der Waals surface area contributed by atoms with Gasteiger partial charge in [0, 0.05) is 11.3 Å². The molecule has 1 atom stereocenters. The molecule has 0 bridgehead atoms. The number of anilines is 2. The van der Waals surface area contributed by atoms with E-state index in [-0.39, 0.29) is 6.04 Å². The van der Waals surface area contributed by atoms with E-state index < -0.39 is 0 Å². The Morgan fingerprint density at radius 1 is 0.907 bits per heavy atom. The monoisotopic (exact) mass is 588 g/mol. The van der Waals surface area contributed by atoms with Crippen LogP contribution in [0.25, 0.3) is 5.69 Å². The van der Waals surface area contributed by atoms with E-state index in [1.165, 1.54) is 0 Å².